The molecule has 0 saturated carbocycles. The molecule has 0 aliphatic heterocycles. The van der Waals surface area contributed by atoms with E-state index in [-0.39, 0.29) is 16.2 Å². The summed E-state index contributed by atoms with van der Waals surface area (Å²) < 4.78 is 2.02. The molecule has 0 heterocycles. The Morgan fingerprint density at radius 2 is 1.14 bits per heavy atom. The van der Waals surface area contributed by atoms with Crippen molar-refractivity contribution in [2.75, 3.05) is 0 Å². The van der Waals surface area contributed by atoms with Crippen molar-refractivity contribution < 1.29 is 22.8 Å². The maximum absolute atomic E-state index is 2.57. The monoisotopic (exact) mass is 653 g/mol. The molecule has 0 saturated heterocycles. The zero-order valence-corrected chi connectivity index (χ0v) is 30.6. The summed E-state index contributed by atoms with van der Waals surface area (Å²) in [5, 5.41) is 0. The van der Waals surface area contributed by atoms with Crippen LogP contribution in [0.3, 0.4) is 0 Å². The fraction of sp³-hybridized carbons (Fsp3) is 0.326. The van der Waals surface area contributed by atoms with Gasteiger partial charge in [-0.3, -0.25) is 0 Å². The Labute approximate surface area is 277 Å². The van der Waals surface area contributed by atoms with Gasteiger partial charge in [0.1, 0.15) is 0 Å². The molecule has 2 aliphatic carbocycles. The van der Waals surface area contributed by atoms with Gasteiger partial charge in [0.15, 0.2) is 0 Å². The predicted molar refractivity (Wildman–Crippen MR) is 187 cm³/mol. The van der Waals surface area contributed by atoms with Crippen molar-refractivity contribution in [3.8, 4) is 11.1 Å². The second kappa shape index (κ2) is 11.5. The van der Waals surface area contributed by atoms with E-state index in [1.165, 1.54) is 50.1 Å². The van der Waals surface area contributed by atoms with Gasteiger partial charge in [-0.2, -0.15) is 0 Å². The minimum atomic E-state index is -1.22. The van der Waals surface area contributed by atoms with Gasteiger partial charge in [-0.25, -0.2) is 0 Å². The molecular formula is C43H47Zr. The Morgan fingerprint density at radius 1 is 0.591 bits per heavy atom. The van der Waals surface area contributed by atoms with E-state index in [4.69, 9.17) is 0 Å². The summed E-state index contributed by atoms with van der Waals surface area (Å²) in [6, 6.07) is 35.0. The molecule has 0 amide bonds. The summed E-state index contributed by atoms with van der Waals surface area (Å²) in [4.78, 5) is 0. The van der Waals surface area contributed by atoms with Crippen LogP contribution in [0.4, 0.5) is 0 Å². The number of allylic oxidation sites excluding steroid dienone is 4. The summed E-state index contributed by atoms with van der Waals surface area (Å²) in [5.41, 5.74) is 16.5. The van der Waals surface area contributed by atoms with E-state index in [2.05, 4.69) is 165 Å². The van der Waals surface area contributed by atoms with Gasteiger partial charge in [0, 0.05) is 0 Å². The Hall–Kier alpha value is -2.89. The molecule has 4 aromatic carbocycles. The number of hydrogen-bond acceptors (Lipinski definition) is 0. The molecule has 223 valence electrons. The zero-order chi connectivity index (χ0) is 31.4. The molecule has 0 N–H and O–H groups in total. The Balaban J connectivity index is 1.67. The van der Waals surface area contributed by atoms with Gasteiger partial charge in [-0.15, -0.1) is 0 Å². The molecule has 1 unspecified atom stereocenters. The number of fused-ring (bicyclic) bond motifs is 3. The van der Waals surface area contributed by atoms with Crippen molar-refractivity contribution in [2.24, 2.45) is 5.41 Å². The molecule has 0 bridgehead atoms. The van der Waals surface area contributed by atoms with Crippen LogP contribution in [0.2, 0.25) is 0 Å². The average molecular weight is 655 g/mol. The number of rotatable bonds is 4. The molecular weight excluding hydrogens is 608 g/mol. The van der Waals surface area contributed by atoms with Crippen molar-refractivity contribution >= 4 is 8.78 Å². The van der Waals surface area contributed by atoms with Gasteiger partial charge in [-0.05, 0) is 0 Å². The third-order valence-corrected chi connectivity index (χ3v) is 13.7. The first-order valence-corrected chi connectivity index (χ1v) is 18.9. The summed E-state index contributed by atoms with van der Waals surface area (Å²) >= 11 is -1.22. The Morgan fingerprint density at radius 3 is 1.66 bits per heavy atom. The average Bonchev–Trinajstić information content (AvgIpc) is 3.59. The molecule has 1 atom stereocenters. The topological polar surface area (TPSA) is 0 Å². The van der Waals surface area contributed by atoms with E-state index in [1.807, 2.05) is 0 Å². The van der Waals surface area contributed by atoms with Crippen LogP contribution in [-0.2, 0) is 33.6 Å². The summed E-state index contributed by atoms with van der Waals surface area (Å²) in [7, 11) is 0. The first kappa shape index (κ1) is 31.1. The summed E-state index contributed by atoms with van der Waals surface area (Å²) in [5.74, 6) is 0. The Kier molecular flexibility index (Phi) is 8.12. The van der Waals surface area contributed by atoms with E-state index < -0.39 is 22.8 Å². The van der Waals surface area contributed by atoms with E-state index >= 15 is 0 Å². The minimum absolute atomic E-state index is 0.0640. The summed E-state index contributed by atoms with van der Waals surface area (Å²) in [6.45, 7) is 21.2. The number of hydrogen-bond donors (Lipinski definition) is 0. The van der Waals surface area contributed by atoms with Crippen LogP contribution in [0, 0.1) is 5.41 Å². The van der Waals surface area contributed by atoms with Gasteiger partial charge >= 0.3 is 279 Å². The van der Waals surface area contributed by atoms with Crippen LogP contribution in [0.15, 0.2) is 109 Å². The third-order valence-electron chi connectivity index (χ3n) is 9.35. The van der Waals surface area contributed by atoms with Crippen LogP contribution in [0.5, 0.6) is 0 Å². The van der Waals surface area contributed by atoms with Crippen molar-refractivity contribution in [3.05, 3.63) is 148 Å². The van der Waals surface area contributed by atoms with Crippen LogP contribution in [-0.4, -0.2) is 3.21 Å². The molecule has 0 aromatic heterocycles. The van der Waals surface area contributed by atoms with Crippen molar-refractivity contribution in [1.29, 1.82) is 0 Å². The van der Waals surface area contributed by atoms with Crippen molar-refractivity contribution in [3.63, 3.8) is 0 Å². The second-order valence-corrected chi connectivity index (χ2v) is 19.1. The molecule has 6 rings (SSSR count). The van der Waals surface area contributed by atoms with Gasteiger partial charge < -0.3 is 0 Å². The fourth-order valence-corrected chi connectivity index (χ4v) is 11.1. The van der Waals surface area contributed by atoms with Crippen LogP contribution >= 0.6 is 0 Å². The van der Waals surface area contributed by atoms with E-state index in [0.29, 0.717) is 3.63 Å². The van der Waals surface area contributed by atoms with Crippen LogP contribution in [0.1, 0.15) is 111 Å². The molecule has 44 heavy (non-hydrogen) atoms. The third kappa shape index (κ3) is 6.02. The second-order valence-electron chi connectivity index (χ2n) is 15.8. The van der Waals surface area contributed by atoms with Crippen molar-refractivity contribution in [1.82, 2.24) is 0 Å². The first-order valence-electron chi connectivity index (χ1n) is 16.2. The normalized spacial score (nSPS) is 16.2. The quantitative estimate of drug-likeness (QED) is 0.205. The first-order chi connectivity index (χ1) is 20.7. The van der Waals surface area contributed by atoms with E-state index in [0.717, 1.165) is 6.42 Å². The number of benzene rings is 4. The maximum atomic E-state index is 2.57. The van der Waals surface area contributed by atoms with Gasteiger partial charge in [0.2, 0.25) is 0 Å². The standard InChI is InChI=1S/C30H37.C13H10.Zr/c1-28(2,3)21-12-10-19(14-21)25-17-23(30(7,8)9)18-27-24-16-22(29(4,5)6)13-11-20(24)15-26(25)27;1-3-7-12(8-4-1)11-13-9-5-2-6-10-13;/h11-18H,10H2,1-9H3;1-10H;. The molecule has 4 aromatic rings. The van der Waals surface area contributed by atoms with E-state index in [9.17, 15) is 0 Å². The molecule has 0 nitrogen and oxygen atoms in total. The Bertz CT molecular complexity index is 1750. The van der Waals surface area contributed by atoms with Gasteiger partial charge in [0.05, 0.1) is 0 Å². The fourth-order valence-electron chi connectivity index (χ4n) is 6.62. The molecule has 1 heteroatoms. The molecule has 0 spiro atoms. The molecule has 2 aliphatic rings. The van der Waals surface area contributed by atoms with Crippen molar-refractivity contribution in [2.45, 2.75) is 83.2 Å². The van der Waals surface area contributed by atoms with Crippen LogP contribution in [0.25, 0.3) is 16.7 Å². The zero-order valence-electron chi connectivity index (χ0n) is 28.1. The van der Waals surface area contributed by atoms with Crippen LogP contribution < -0.4 is 0 Å². The van der Waals surface area contributed by atoms with Gasteiger partial charge in [0.25, 0.3) is 0 Å². The van der Waals surface area contributed by atoms with Gasteiger partial charge in [-0.1, -0.05) is 0 Å². The molecule has 0 fully saturated rings. The molecule has 0 radical (unpaired) electrons. The predicted octanol–water partition coefficient (Wildman–Crippen LogP) is 11.5. The summed E-state index contributed by atoms with van der Waals surface area (Å²) in [6.07, 6.45) is 6.01. The SMILES string of the molecule is CC(C)(C)C1=CCC(c2cc(C(C)(C)C)cc3c2[CH]([Zr]=[C](c2ccccc2)c2ccccc2)c2ccc(C(C)(C)C)cc2-3)=C1. The van der Waals surface area contributed by atoms with E-state index in [1.54, 1.807) is 14.3 Å².